The fraction of sp³-hybridized carbons (Fsp3) is 0.263. The Morgan fingerprint density at radius 3 is 2.39 bits per heavy atom. The number of amides is 1. The number of nitrogens with one attached hydrogen (secondary N) is 1. The largest absolute Gasteiger partial charge is 0.325 e. The molecule has 2 aromatic carbocycles. The molecule has 23 heavy (non-hydrogen) atoms. The lowest BCUT2D eigenvalue weighted by Crippen LogP contribution is -2.32. The average molecular weight is 307 g/mol. The Hall–Kier alpha value is -2.64. The van der Waals surface area contributed by atoms with Crippen molar-refractivity contribution in [2.24, 2.45) is 0 Å². The zero-order valence-electron chi connectivity index (χ0n) is 13.3. The van der Waals surface area contributed by atoms with Crippen LogP contribution in [0.2, 0.25) is 0 Å². The molecule has 0 aliphatic carbocycles. The smallest absolute Gasteiger partial charge is 0.238 e. The molecule has 0 bridgehead atoms. The van der Waals surface area contributed by atoms with Crippen molar-refractivity contribution in [2.75, 3.05) is 18.4 Å². The van der Waals surface area contributed by atoms with Crippen LogP contribution in [0.15, 0.2) is 54.6 Å². The van der Waals surface area contributed by atoms with E-state index >= 15 is 0 Å². The van der Waals surface area contributed by atoms with Gasteiger partial charge in [0.05, 0.1) is 19.0 Å². The normalized spacial score (nSPS) is 10.3. The number of hydrogen-bond acceptors (Lipinski definition) is 3. The maximum absolute atomic E-state index is 12.2. The molecule has 118 valence electrons. The fourth-order valence-electron chi connectivity index (χ4n) is 2.32. The molecule has 0 aliphatic heterocycles. The maximum atomic E-state index is 12.2. The summed E-state index contributed by atoms with van der Waals surface area (Å²) >= 11 is 0. The number of carbonyl (C=O) groups is 1. The predicted octanol–water partition coefficient (Wildman–Crippen LogP) is 3.21. The van der Waals surface area contributed by atoms with E-state index in [4.69, 9.17) is 5.26 Å². The number of carbonyl (C=O) groups excluding carboxylic acids is 1. The molecule has 1 N–H and O–H groups in total. The van der Waals surface area contributed by atoms with Crippen LogP contribution in [0, 0.1) is 11.3 Å². The van der Waals surface area contributed by atoms with Gasteiger partial charge < -0.3 is 5.32 Å². The van der Waals surface area contributed by atoms with Crippen LogP contribution in [0.25, 0.3) is 0 Å². The van der Waals surface area contributed by atoms with Gasteiger partial charge in [0.1, 0.15) is 0 Å². The lowest BCUT2D eigenvalue weighted by atomic mass is 10.1. The van der Waals surface area contributed by atoms with Crippen LogP contribution >= 0.6 is 0 Å². The van der Waals surface area contributed by atoms with Crippen LogP contribution in [0.5, 0.6) is 0 Å². The Balaban J connectivity index is 1.88. The molecule has 0 saturated carbocycles. The van der Waals surface area contributed by atoms with E-state index in [9.17, 15) is 4.79 Å². The van der Waals surface area contributed by atoms with E-state index in [-0.39, 0.29) is 5.91 Å². The molecule has 1 amide bonds. The summed E-state index contributed by atoms with van der Waals surface area (Å²) in [4.78, 5) is 14.3. The Morgan fingerprint density at radius 1 is 1.09 bits per heavy atom. The number of hydrogen-bond donors (Lipinski definition) is 1. The predicted molar refractivity (Wildman–Crippen MR) is 91.8 cm³/mol. The Bertz CT molecular complexity index is 659. The highest BCUT2D eigenvalue weighted by Gasteiger charge is 2.10. The molecule has 0 heterocycles. The first-order valence-corrected chi connectivity index (χ1v) is 7.73. The van der Waals surface area contributed by atoms with E-state index in [1.807, 2.05) is 49.4 Å². The molecule has 0 atom stereocenters. The number of nitrogens with zero attached hydrogens (tertiary/aromatic N) is 2. The van der Waals surface area contributed by atoms with Crippen molar-refractivity contribution in [1.29, 1.82) is 5.26 Å². The van der Waals surface area contributed by atoms with Gasteiger partial charge in [0.15, 0.2) is 0 Å². The molecule has 0 radical (unpaired) electrons. The van der Waals surface area contributed by atoms with E-state index in [1.165, 1.54) is 5.56 Å². The van der Waals surface area contributed by atoms with E-state index in [1.54, 1.807) is 0 Å². The minimum absolute atomic E-state index is 0.0317. The zero-order chi connectivity index (χ0) is 16.5. The minimum atomic E-state index is -0.0317. The van der Waals surface area contributed by atoms with Gasteiger partial charge in [-0.2, -0.15) is 5.26 Å². The maximum Gasteiger partial charge on any atom is 0.238 e. The molecule has 0 aromatic heterocycles. The van der Waals surface area contributed by atoms with Crippen LogP contribution in [0.1, 0.15) is 18.1 Å². The molecule has 2 aromatic rings. The van der Waals surface area contributed by atoms with E-state index in [0.717, 1.165) is 24.3 Å². The van der Waals surface area contributed by atoms with Crippen molar-refractivity contribution >= 4 is 11.6 Å². The first-order valence-electron chi connectivity index (χ1n) is 7.73. The summed E-state index contributed by atoms with van der Waals surface area (Å²) in [6, 6.07) is 19.6. The summed E-state index contributed by atoms with van der Waals surface area (Å²) < 4.78 is 0. The van der Waals surface area contributed by atoms with Gasteiger partial charge in [-0.15, -0.1) is 0 Å². The molecule has 0 spiro atoms. The Kier molecular flexibility index (Phi) is 6.34. The van der Waals surface area contributed by atoms with E-state index in [2.05, 4.69) is 28.4 Å². The minimum Gasteiger partial charge on any atom is -0.325 e. The molecule has 0 fully saturated rings. The highest BCUT2D eigenvalue weighted by molar-refractivity contribution is 5.92. The number of anilines is 1. The van der Waals surface area contributed by atoms with Crippen molar-refractivity contribution < 1.29 is 4.79 Å². The van der Waals surface area contributed by atoms with Crippen molar-refractivity contribution in [3.05, 3.63) is 65.7 Å². The van der Waals surface area contributed by atoms with E-state index < -0.39 is 0 Å². The second-order valence-electron chi connectivity index (χ2n) is 5.37. The number of benzene rings is 2. The monoisotopic (exact) mass is 307 g/mol. The van der Waals surface area contributed by atoms with E-state index in [0.29, 0.717) is 13.0 Å². The quantitative estimate of drug-likeness (QED) is 0.854. The Labute approximate surface area is 137 Å². The Morgan fingerprint density at radius 2 is 1.78 bits per heavy atom. The summed E-state index contributed by atoms with van der Waals surface area (Å²) in [7, 11) is 0. The van der Waals surface area contributed by atoms with Gasteiger partial charge >= 0.3 is 0 Å². The SMILES string of the molecule is CCN(CC(=O)Nc1ccc(CC#N)cc1)Cc1ccccc1. The topological polar surface area (TPSA) is 56.1 Å². The van der Waals surface area contributed by atoms with Crippen molar-refractivity contribution in [1.82, 2.24) is 4.90 Å². The number of rotatable bonds is 7. The van der Waals surface area contributed by atoms with Gasteiger partial charge in [-0.1, -0.05) is 49.4 Å². The number of nitriles is 1. The van der Waals surface area contributed by atoms with Crippen LogP contribution in [0.3, 0.4) is 0 Å². The molecule has 4 nitrogen and oxygen atoms in total. The van der Waals surface area contributed by atoms with Gasteiger partial charge in [-0.05, 0) is 29.8 Å². The number of likely N-dealkylation sites (N-methyl/N-ethyl adjacent to an activating group) is 1. The molecular formula is C19H21N3O. The van der Waals surface area contributed by atoms with Gasteiger partial charge in [0.2, 0.25) is 5.91 Å². The molecule has 4 heteroatoms. The van der Waals surface area contributed by atoms with Gasteiger partial charge in [0, 0.05) is 12.2 Å². The first-order chi connectivity index (χ1) is 11.2. The van der Waals surface area contributed by atoms with Crippen LogP contribution in [-0.2, 0) is 17.8 Å². The second-order valence-corrected chi connectivity index (χ2v) is 5.37. The summed E-state index contributed by atoms with van der Waals surface area (Å²) in [5.74, 6) is -0.0317. The van der Waals surface area contributed by atoms with Crippen LogP contribution in [0.4, 0.5) is 5.69 Å². The standard InChI is InChI=1S/C19H21N3O/c1-2-22(14-17-6-4-3-5-7-17)15-19(23)21-18-10-8-16(9-11-18)12-13-20/h3-11H,2,12,14-15H2,1H3,(H,21,23). The van der Waals surface area contributed by atoms with Crippen molar-refractivity contribution in [2.45, 2.75) is 19.9 Å². The molecule has 0 aliphatic rings. The third kappa shape index (κ3) is 5.57. The molecule has 2 rings (SSSR count). The van der Waals surface area contributed by atoms with Gasteiger partial charge in [0.25, 0.3) is 0 Å². The third-order valence-electron chi connectivity index (χ3n) is 3.58. The average Bonchev–Trinajstić information content (AvgIpc) is 2.57. The van der Waals surface area contributed by atoms with Crippen molar-refractivity contribution in [3.63, 3.8) is 0 Å². The first kappa shape index (κ1) is 16.7. The van der Waals surface area contributed by atoms with Crippen LogP contribution < -0.4 is 5.32 Å². The lowest BCUT2D eigenvalue weighted by Gasteiger charge is -2.20. The van der Waals surface area contributed by atoms with Gasteiger partial charge in [-0.25, -0.2) is 0 Å². The molecule has 0 unspecified atom stereocenters. The summed E-state index contributed by atoms with van der Waals surface area (Å²) in [5, 5.41) is 11.6. The molecule has 0 saturated heterocycles. The second kappa shape index (κ2) is 8.72. The van der Waals surface area contributed by atoms with Crippen molar-refractivity contribution in [3.8, 4) is 6.07 Å². The fourth-order valence-corrected chi connectivity index (χ4v) is 2.32. The highest BCUT2D eigenvalue weighted by Crippen LogP contribution is 2.10. The van der Waals surface area contributed by atoms with Gasteiger partial charge in [-0.3, -0.25) is 9.69 Å². The zero-order valence-corrected chi connectivity index (χ0v) is 13.3. The van der Waals surface area contributed by atoms with Crippen LogP contribution in [-0.4, -0.2) is 23.9 Å². The highest BCUT2D eigenvalue weighted by atomic mass is 16.2. The summed E-state index contributed by atoms with van der Waals surface area (Å²) in [6.45, 7) is 3.97. The lowest BCUT2D eigenvalue weighted by molar-refractivity contribution is -0.117. The molecular weight excluding hydrogens is 286 g/mol. The summed E-state index contributed by atoms with van der Waals surface area (Å²) in [6.07, 6.45) is 0.384. The summed E-state index contributed by atoms with van der Waals surface area (Å²) in [5.41, 5.74) is 2.90. The third-order valence-corrected chi connectivity index (χ3v) is 3.58.